The van der Waals surface area contributed by atoms with Crippen molar-refractivity contribution in [2.24, 2.45) is 0 Å². The summed E-state index contributed by atoms with van der Waals surface area (Å²) in [6.07, 6.45) is -0.213. The molecule has 132 valence electrons. The molecule has 0 aliphatic carbocycles. The van der Waals surface area contributed by atoms with Crippen LogP contribution in [0.25, 0.3) is 0 Å². The van der Waals surface area contributed by atoms with E-state index in [2.05, 4.69) is 4.72 Å². The van der Waals surface area contributed by atoms with Crippen LogP contribution in [0.5, 0.6) is 5.75 Å². The zero-order chi connectivity index (χ0) is 17.5. The van der Waals surface area contributed by atoms with E-state index in [0.29, 0.717) is 17.9 Å². The highest BCUT2D eigenvalue weighted by atomic mass is 32.2. The van der Waals surface area contributed by atoms with Gasteiger partial charge in [0, 0.05) is 17.2 Å². The van der Waals surface area contributed by atoms with Gasteiger partial charge in [-0.05, 0) is 24.6 Å². The van der Waals surface area contributed by atoms with Crippen LogP contribution in [0, 0.1) is 0 Å². The van der Waals surface area contributed by atoms with Crippen molar-refractivity contribution in [3.63, 3.8) is 0 Å². The first kappa shape index (κ1) is 17.0. The molecule has 0 saturated carbocycles. The molecule has 0 unspecified atom stereocenters. The van der Waals surface area contributed by atoms with Gasteiger partial charge in [0.05, 0.1) is 25.4 Å². The van der Waals surface area contributed by atoms with Crippen molar-refractivity contribution in [1.29, 1.82) is 0 Å². The normalized spacial score (nSPS) is 28.6. The van der Waals surface area contributed by atoms with Crippen molar-refractivity contribution < 1.29 is 32.9 Å². The quantitative estimate of drug-likeness (QED) is 0.702. The Bertz CT molecular complexity index is 748. The summed E-state index contributed by atoms with van der Waals surface area (Å²) in [7, 11) is -3.40. The van der Waals surface area contributed by atoms with Crippen LogP contribution < -0.4 is 9.46 Å². The molecule has 2 aliphatic rings. The summed E-state index contributed by atoms with van der Waals surface area (Å²) in [4.78, 5) is 11.0. The van der Waals surface area contributed by atoms with Gasteiger partial charge in [-0.25, -0.2) is 8.42 Å². The summed E-state index contributed by atoms with van der Waals surface area (Å²) in [5.74, 6) is -0.527. The summed E-state index contributed by atoms with van der Waals surface area (Å²) in [6.45, 7) is -0.278. The third-order valence-corrected chi connectivity index (χ3v) is 4.81. The lowest BCUT2D eigenvalue weighted by Crippen LogP contribution is -2.46. The van der Waals surface area contributed by atoms with Crippen LogP contribution >= 0.6 is 0 Å². The van der Waals surface area contributed by atoms with Crippen molar-refractivity contribution in [3.8, 4) is 5.75 Å². The van der Waals surface area contributed by atoms with Crippen LogP contribution in [-0.2, 0) is 19.6 Å². The van der Waals surface area contributed by atoms with Gasteiger partial charge in [-0.3, -0.25) is 9.52 Å². The van der Waals surface area contributed by atoms with Gasteiger partial charge < -0.3 is 19.7 Å². The van der Waals surface area contributed by atoms with E-state index in [9.17, 15) is 18.3 Å². The standard InChI is InChI=1S/C15H19NO7S/c1-24(20,21)16-8-2-3-12-10(4-8)11-5-9(6-14(18)19)22-13(7-17)15(11)23-12/h2-4,9,11,13,15-17H,5-7H2,1H3,(H,18,19)/t9-,11+,13+,15-/m1/s1. The molecule has 24 heavy (non-hydrogen) atoms. The molecule has 3 N–H and O–H groups in total. The summed E-state index contributed by atoms with van der Waals surface area (Å²) in [6, 6.07) is 4.96. The number of aliphatic hydroxyl groups is 1. The van der Waals surface area contributed by atoms with Gasteiger partial charge in [0.2, 0.25) is 10.0 Å². The van der Waals surface area contributed by atoms with Gasteiger partial charge >= 0.3 is 5.97 Å². The average molecular weight is 357 g/mol. The van der Waals surface area contributed by atoms with E-state index < -0.39 is 34.3 Å². The highest BCUT2D eigenvalue weighted by Crippen LogP contribution is 2.47. The molecule has 0 bridgehead atoms. The maximum Gasteiger partial charge on any atom is 0.305 e. The molecule has 1 aromatic carbocycles. The van der Waals surface area contributed by atoms with Crippen molar-refractivity contribution in [1.82, 2.24) is 0 Å². The van der Waals surface area contributed by atoms with E-state index in [0.717, 1.165) is 11.8 Å². The van der Waals surface area contributed by atoms with Crippen LogP contribution in [0.2, 0.25) is 0 Å². The maximum atomic E-state index is 11.4. The van der Waals surface area contributed by atoms with E-state index in [1.807, 2.05) is 0 Å². The van der Waals surface area contributed by atoms with Crippen LogP contribution in [0.1, 0.15) is 24.3 Å². The van der Waals surface area contributed by atoms with Gasteiger partial charge in [0.15, 0.2) is 0 Å². The topological polar surface area (TPSA) is 122 Å². The third-order valence-electron chi connectivity index (χ3n) is 4.20. The zero-order valence-electron chi connectivity index (χ0n) is 13.0. The largest absolute Gasteiger partial charge is 0.487 e. The van der Waals surface area contributed by atoms with Crippen molar-refractivity contribution in [2.75, 3.05) is 17.6 Å². The van der Waals surface area contributed by atoms with Crippen LogP contribution in [0.3, 0.4) is 0 Å². The lowest BCUT2D eigenvalue weighted by Gasteiger charge is -2.36. The van der Waals surface area contributed by atoms with Gasteiger partial charge in [-0.15, -0.1) is 0 Å². The molecular formula is C15H19NO7S. The van der Waals surface area contributed by atoms with E-state index >= 15 is 0 Å². The fourth-order valence-electron chi connectivity index (χ4n) is 3.36. The average Bonchev–Trinajstić information content (AvgIpc) is 2.82. The minimum atomic E-state index is -3.40. The summed E-state index contributed by atoms with van der Waals surface area (Å²) < 4.78 is 36.7. The number of hydrogen-bond donors (Lipinski definition) is 3. The van der Waals surface area contributed by atoms with Crippen LogP contribution in [-0.4, -0.2) is 55.8 Å². The first-order valence-electron chi connectivity index (χ1n) is 7.53. The predicted octanol–water partition coefficient (Wildman–Crippen LogP) is 0.527. The number of carboxylic acids is 1. The van der Waals surface area contributed by atoms with E-state index in [4.69, 9.17) is 14.6 Å². The Morgan fingerprint density at radius 3 is 2.79 bits per heavy atom. The smallest absolute Gasteiger partial charge is 0.305 e. The van der Waals surface area contributed by atoms with Gasteiger partial charge in [0.25, 0.3) is 0 Å². The number of ether oxygens (including phenoxy) is 2. The Kier molecular flexibility index (Phi) is 4.41. The molecule has 4 atom stereocenters. The lowest BCUT2D eigenvalue weighted by atomic mass is 9.84. The van der Waals surface area contributed by atoms with E-state index in [1.54, 1.807) is 18.2 Å². The van der Waals surface area contributed by atoms with Crippen LogP contribution in [0.15, 0.2) is 18.2 Å². The molecule has 0 amide bonds. The summed E-state index contributed by atoms with van der Waals surface area (Å²) in [5.41, 5.74) is 1.22. The molecule has 1 saturated heterocycles. The highest BCUT2D eigenvalue weighted by Gasteiger charge is 2.46. The minimum Gasteiger partial charge on any atom is -0.487 e. The summed E-state index contributed by atoms with van der Waals surface area (Å²) >= 11 is 0. The molecule has 8 nitrogen and oxygen atoms in total. The minimum absolute atomic E-state index is 0.156. The van der Waals surface area contributed by atoms with Gasteiger partial charge in [0.1, 0.15) is 18.0 Å². The molecule has 1 fully saturated rings. The number of anilines is 1. The first-order valence-corrected chi connectivity index (χ1v) is 9.42. The third kappa shape index (κ3) is 3.47. The van der Waals surface area contributed by atoms with Crippen LogP contribution in [0.4, 0.5) is 5.69 Å². The number of carbonyl (C=O) groups is 1. The van der Waals surface area contributed by atoms with Crippen molar-refractivity contribution >= 4 is 21.7 Å². The SMILES string of the molecule is CS(=O)(=O)Nc1ccc2c(c1)[C@@H]1C[C@H](CC(=O)O)O[C@@H](CO)[C@@H]1O2. The maximum absolute atomic E-state index is 11.4. The van der Waals surface area contributed by atoms with E-state index in [-0.39, 0.29) is 18.9 Å². The Morgan fingerprint density at radius 2 is 2.17 bits per heavy atom. The number of hydrogen-bond acceptors (Lipinski definition) is 6. The Labute approximate surface area is 139 Å². The first-order chi connectivity index (χ1) is 11.3. The Morgan fingerprint density at radius 1 is 1.42 bits per heavy atom. The fraction of sp³-hybridized carbons (Fsp3) is 0.533. The number of nitrogens with one attached hydrogen (secondary N) is 1. The molecular weight excluding hydrogens is 338 g/mol. The number of rotatable bonds is 5. The molecule has 9 heteroatoms. The predicted molar refractivity (Wildman–Crippen MR) is 84.7 cm³/mol. The number of carboxylic acid groups (broad SMARTS) is 1. The second kappa shape index (κ2) is 6.23. The monoisotopic (exact) mass is 357 g/mol. The summed E-state index contributed by atoms with van der Waals surface area (Å²) in [5, 5.41) is 18.5. The number of aliphatic hydroxyl groups excluding tert-OH is 1. The lowest BCUT2D eigenvalue weighted by molar-refractivity contribution is -0.153. The Balaban J connectivity index is 1.89. The molecule has 3 rings (SSSR count). The molecule has 2 aliphatic heterocycles. The highest BCUT2D eigenvalue weighted by molar-refractivity contribution is 7.92. The number of aliphatic carboxylic acids is 1. The zero-order valence-corrected chi connectivity index (χ0v) is 13.8. The van der Waals surface area contributed by atoms with Crippen molar-refractivity contribution in [3.05, 3.63) is 23.8 Å². The number of fused-ring (bicyclic) bond motifs is 3. The Hall–Kier alpha value is -1.84. The molecule has 0 radical (unpaired) electrons. The second-order valence-corrected chi connectivity index (χ2v) is 7.88. The fourth-order valence-corrected chi connectivity index (χ4v) is 3.92. The molecule has 0 aromatic heterocycles. The number of sulfonamides is 1. The number of benzene rings is 1. The van der Waals surface area contributed by atoms with Crippen molar-refractivity contribution in [2.45, 2.75) is 37.1 Å². The van der Waals surface area contributed by atoms with E-state index in [1.165, 1.54) is 0 Å². The molecule has 1 aromatic rings. The molecule has 2 heterocycles. The molecule has 0 spiro atoms. The second-order valence-electron chi connectivity index (χ2n) is 6.13. The van der Waals surface area contributed by atoms with Gasteiger partial charge in [-0.2, -0.15) is 0 Å². The van der Waals surface area contributed by atoms with Gasteiger partial charge in [-0.1, -0.05) is 0 Å².